The van der Waals surface area contributed by atoms with Crippen LogP contribution in [0.1, 0.15) is 17.0 Å². The van der Waals surface area contributed by atoms with Crippen LogP contribution in [0.3, 0.4) is 0 Å². The van der Waals surface area contributed by atoms with Crippen molar-refractivity contribution in [3.63, 3.8) is 0 Å². The summed E-state index contributed by atoms with van der Waals surface area (Å²) in [5.41, 5.74) is 3.36. The monoisotopic (exact) mass is 304 g/mol. The van der Waals surface area contributed by atoms with E-state index in [1.165, 1.54) is 12.3 Å². The molecule has 0 fully saturated rings. The van der Waals surface area contributed by atoms with Crippen molar-refractivity contribution >= 4 is 15.5 Å². The minimum atomic E-state index is -3.28. The number of hydrogen-bond acceptors (Lipinski definition) is 5. The zero-order valence-electron chi connectivity index (χ0n) is 12.1. The maximum atomic E-state index is 11.3. The molecule has 21 heavy (non-hydrogen) atoms. The van der Waals surface area contributed by atoms with Gasteiger partial charge < -0.3 is 9.88 Å². The van der Waals surface area contributed by atoms with E-state index in [2.05, 4.69) is 16.4 Å². The molecule has 0 aliphatic heterocycles. The van der Waals surface area contributed by atoms with Crippen LogP contribution < -0.4 is 5.32 Å². The average Bonchev–Trinajstić information content (AvgIpc) is 2.72. The van der Waals surface area contributed by atoms with Crippen LogP contribution in [0.15, 0.2) is 29.4 Å². The van der Waals surface area contributed by atoms with Gasteiger partial charge in [0.15, 0.2) is 14.9 Å². The molecule has 110 valence electrons. The van der Waals surface area contributed by atoms with Gasteiger partial charge in [-0.1, -0.05) is 0 Å². The summed E-state index contributed by atoms with van der Waals surface area (Å²) < 4.78 is 24.5. The van der Waals surface area contributed by atoms with E-state index in [0.717, 1.165) is 23.2 Å². The Kier molecular flexibility index (Phi) is 4.00. The highest BCUT2D eigenvalue weighted by atomic mass is 32.2. The molecule has 0 aromatic carbocycles. The quantitative estimate of drug-likeness (QED) is 0.927. The lowest BCUT2D eigenvalue weighted by molar-refractivity contribution is 0.598. The first-order valence-electron chi connectivity index (χ1n) is 6.28. The number of nitrogens with one attached hydrogen (secondary N) is 1. The summed E-state index contributed by atoms with van der Waals surface area (Å²) in [5.74, 6) is 0. The fraction of sp³-hybridized carbons (Fsp3) is 0.286. The Labute approximate surface area is 124 Å². The Bertz CT molecular complexity index is 799. The van der Waals surface area contributed by atoms with Crippen LogP contribution in [0.5, 0.6) is 0 Å². The van der Waals surface area contributed by atoms with E-state index in [1.807, 2.05) is 24.6 Å². The summed E-state index contributed by atoms with van der Waals surface area (Å²) in [6.07, 6.45) is 2.61. The summed E-state index contributed by atoms with van der Waals surface area (Å²) in [6, 6.07) is 7.11. The van der Waals surface area contributed by atoms with Crippen LogP contribution in [0.4, 0.5) is 5.69 Å². The van der Waals surface area contributed by atoms with Gasteiger partial charge in [-0.15, -0.1) is 0 Å². The number of sulfone groups is 1. The van der Waals surface area contributed by atoms with Crippen molar-refractivity contribution in [1.29, 1.82) is 5.26 Å². The molecule has 2 aromatic rings. The minimum Gasteiger partial charge on any atom is -0.380 e. The normalized spacial score (nSPS) is 11.1. The Balaban J connectivity index is 2.12. The van der Waals surface area contributed by atoms with E-state index in [0.29, 0.717) is 12.2 Å². The summed E-state index contributed by atoms with van der Waals surface area (Å²) in [5, 5.41) is 12.2. The first-order chi connectivity index (χ1) is 9.82. The number of anilines is 1. The lowest BCUT2D eigenvalue weighted by Gasteiger charge is -2.07. The molecule has 1 N–H and O–H groups in total. The molecule has 0 amide bonds. The summed E-state index contributed by atoms with van der Waals surface area (Å²) in [4.78, 5) is 3.92. The molecule has 0 aliphatic rings. The van der Waals surface area contributed by atoms with E-state index in [1.54, 1.807) is 6.07 Å². The molecule has 2 heterocycles. The molecule has 0 spiro atoms. The van der Waals surface area contributed by atoms with Gasteiger partial charge in [-0.2, -0.15) is 5.26 Å². The SMILES string of the molecule is Cc1c(CNc2ccc(S(C)(=O)=O)nc2)cc(C#N)n1C. The number of aromatic nitrogens is 2. The summed E-state index contributed by atoms with van der Waals surface area (Å²) >= 11 is 0. The highest BCUT2D eigenvalue weighted by molar-refractivity contribution is 7.90. The number of hydrogen-bond donors (Lipinski definition) is 1. The molecule has 2 aromatic heterocycles. The fourth-order valence-corrected chi connectivity index (χ4v) is 2.51. The van der Waals surface area contributed by atoms with E-state index >= 15 is 0 Å². The lowest BCUT2D eigenvalue weighted by Crippen LogP contribution is -2.04. The Morgan fingerprint density at radius 3 is 2.62 bits per heavy atom. The largest absolute Gasteiger partial charge is 0.380 e. The zero-order valence-corrected chi connectivity index (χ0v) is 12.9. The summed E-state index contributed by atoms with van der Waals surface area (Å²) in [6.45, 7) is 2.49. The van der Waals surface area contributed by atoms with Crippen LogP contribution in [0, 0.1) is 18.3 Å². The van der Waals surface area contributed by atoms with Crippen molar-refractivity contribution in [3.8, 4) is 6.07 Å². The van der Waals surface area contributed by atoms with Gasteiger partial charge in [-0.25, -0.2) is 13.4 Å². The third kappa shape index (κ3) is 3.23. The number of nitrogens with zero attached hydrogens (tertiary/aromatic N) is 3. The van der Waals surface area contributed by atoms with Crippen molar-refractivity contribution in [1.82, 2.24) is 9.55 Å². The number of pyridine rings is 1. The molecular formula is C14H16N4O2S. The van der Waals surface area contributed by atoms with Crippen LogP contribution in [-0.4, -0.2) is 24.2 Å². The second-order valence-corrected chi connectivity index (χ2v) is 6.78. The van der Waals surface area contributed by atoms with E-state index < -0.39 is 9.84 Å². The van der Waals surface area contributed by atoms with Crippen LogP contribution >= 0.6 is 0 Å². The second kappa shape index (κ2) is 5.58. The highest BCUT2D eigenvalue weighted by Crippen LogP contribution is 2.16. The molecule has 0 saturated carbocycles. The molecule has 0 radical (unpaired) electrons. The predicted molar refractivity (Wildman–Crippen MR) is 79.5 cm³/mol. The first-order valence-corrected chi connectivity index (χ1v) is 8.17. The van der Waals surface area contributed by atoms with E-state index in [4.69, 9.17) is 5.26 Å². The van der Waals surface area contributed by atoms with Gasteiger partial charge in [-0.05, 0) is 30.7 Å². The van der Waals surface area contributed by atoms with Crippen LogP contribution in [0.2, 0.25) is 0 Å². The molecule has 0 saturated heterocycles. The predicted octanol–water partition coefficient (Wildman–Crippen LogP) is 1.62. The third-order valence-corrected chi connectivity index (χ3v) is 4.36. The van der Waals surface area contributed by atoms with Crippen LogP contribution in [-0.2, 0) is 23.4 Å². The minimum absolute atomic E-state index is 0.0516. The molecule has 6 nitrogen and oxygen atoms in total. The van der Waals surface area contributed by atoms with Crippen molar-refractivity contribution < 1.29 is 8.42 Å². The van der Waals surface area contributed by atoms with Gasteiger partial charge in [0, 0.05) is 25.5 Å². The molecule has 0 bridgehead atoms. The molecular weight excluding hydrogens is 288 g/mol. The van der Waals surface area contributed by atoms with Gasteiger partial charge in [0.25, 0.3) is 0 Å². The zero-order chi connectivity index (χ0) is 15.6. The Morgan fingerprint density at radius 2 is 2.14 bits per heavy atom. The first kappa shape index (κ1) is 15.1. The fourth-order valence-electron chi connectivity index (χ4n) is 1.95. The smallest absolute Gasteiger partial charge is 0.192 e. The van der Waals surface area contributed by atoms with Crippen molar-refractivity contribution in [2.24, 2.45) is 7.05 Å². The molecule has 0 aliphatic carbocycles. The maximum Gasteiger partial charge on any atom is 0.192 e. The maximum absolute atomic E-state index is 11.3. The Morgan fingerprint density at radius 1 is 1.43 bits per heavy atom. The molecule has 0 atom stereocenters. The lowest BCUT2D eigenvalue weighted by atomic mass is 10.2. The van der Waals surface area contributed by atoms with Gasteiger partial charge in [0.2, 0.25) is 0 Å². The van der Waals surface area contributed by atoms with Gasteiger partial charge >= 0.3 is 0 Å². The topological polar surface area (TPSA) is 87.8 Å². The van der Waals surface area contributed by atoms with Gasteiger partial charge in [-0.3, -0.25) is 0 Å². The third-order valence-electron chi connectivity index (χ3n) is 3.35. The van der Waals surface area contributed by atoms with Gasteiger partial charge in [0.1, 0.15) is 11.8 Å². The highest BCUT2D eigenvalue weighted by Gasteiger charge is 2.10. The second-order valence-electron chi connectivity index (χ2n) is 4.82. The van der Waals surface area contributed by atoms with E-state index in [9.17, 15) is 8.42 Å². The van der Waals surface area contributed by atoms with Crippen molar-refractivity contribution in [2.75, 3.05) is 11.6 Å². The van der Waals surface area contributed by atoms with Crippen molar-refractivity contribution in [2.45, 2.75) is 18.5 Å². The molecule has 7 heteroatoms. The molecule has 2 rings (SSSR count). The Hall–Kier alpha value is -2.33. The number of nitriles is 1. The summed E-state index contributed by atoms with van der Waals surface area (Å²) in [7, 11) is -1.43. The average molecular weight is 304 g/mol. The van der Waals surface area contributed by atoms with Gasteiger partial charge in [0.05, 0.1) is 11.9 Å². The van der Waals surface area contributed by atoms with Crippen LogP contribution in [0.25, 0.3) is 0 Å². The number of rotatable bonds is 4. The van der Waals surface area contributed by atoms with E-state index in [-0.39, 0.29) is 5.03 Å². The molecule has 0 unspecified atom stereocenters. The van der Waals surface area contributed by atoms with Crippen molar-refractivity contribution in [3.05, 3.63) is 41.3 Å². The standard InChI is InChI=1S/C14H16N4O2S/c1-10-11(6-13(7-15)18(10)2)8-16-12-4-5-14(17-9-12)21(3,19)20/h4-6,9,16H,8H2,1-3H3.